The minimum atomic E-state index is -0.591. The number of ether oxygens (including phenoxy) is 1. The van der Waals surface area contributed by atoms with E-state index in [4.69, 9.17) is 10.5 Å². The Balaban J connectivity index is 2.09. The summed E-state index contributed by atoms with van der Waals surface area (Å²) in [4.78, 5) is 12.2. The van der Waals surface area contributed by atoms with Gasteiger partial charge >= 0.3 is 0 Å². The summed E-state index contributed by atoms with van der Waals surface area (Å²) >= 11 is 3.43. The number of nitrogens with two attached hydrogens (primary N) is 1. The first-order valence-electron chi connectivity index (χ1n) is 6.20. The molecule has 1 aromatic rings. The van der Waals surface area contributed by atoms with Crippen LogP contribution in [0.25, 0.3) is 0 Å². The molecule has 1 fully saturated rings. The zero-order chi connectivity index (χ0) is 13.2. The second kappa shape index (κ2) is 5.41. The van der Waals surface area contributed by atoms with Crippen molar-refractivity contribution >= 4 is 21.7 Å². The van der Waals surface area contributed by atoms with Crippen LogP contribution in [0.5, 0.6) is 5.75 Å². The van der Waals surface area contributed by atoms with Crippen molar-refractivity contribution in [3.8, 4) is 5.75 Å². The predicted molar refractivity (Wildman–Crippen MR) is 74.8 cm³/mol. The van der Waals surface area contributed by atoms with E-state index in [1.807, 2.05) is 18.2 Å². The highest BCUT2D eigenvalue weighted by Crippen LogP contribution is 2.30. The maximum absolute atomic E-state index is 12.2. The van der Waals surface area contributed by atoms with Crippen molar-refractivity contribution in [1.29, 1.82) is 0 Å². The van der Waals surface area contributed by atoms with Crippen molar-refractivity contribution in [1.82, 2.24) is 0 Å². The van der Waals surface area contributed by atoms with Crippen molar-refractivity contribution < 1.29 is 9.53 Å². The van der Waals surface area contributed by atoms with E-state index in [1.54, 1.807) is 7.11 Å². The third-order valence-electron chi connectivity index (χ3n) is 3.63. The molecule has 0 heterocycles. The molecule has 18 heavy (non-hydrogen) atoms. The molecule has 1 aliphatic rings. The number of ketones is 1. The molecule has 0 amide bonds. The predicted octanol–water partition coefficient (Wildman–Crippen LogP) is 2.84. The molecule has 0 saturated heterocycles. The number of carbonyl (C=O) groups excluding carboxylic acids is 1. The van der Waals surface area contributed by atoms with Crippen molar-refractivity contribution in [3.63, 3.8) is 0 Å². The average molecular weight is 312 g/mol. The highest BCUT2D eigenvalue weighted by molar-refractivity contribution is 9.10. The van der Waals surface area contributed by atoms with Gasteiger partial charge in [0.1, 0.15) is 5.75 Å². The number of hydrogen-bond acceptors (Lipinski definition) is 3. The molecule has 0 radical (unpaired) electrons. The summed E-state index contributed by atoms with van der Waals surface area (Å²) in [6.45, 7) is 0. The van der Waals surface area contributed by atoms with E-state index in [0.717, 1.165) is 41.5 Å². The minimum absolute atomic E-state index is 0.150. The molecule has 0 aromatic heterocycles. The smallest absolute Gasteiger partial charge is 0.156 e. The molecule has 1 saturated carbocycles. The van der Waals surface area contributed by atoms with Crippen LogP contribution >= 0.6 is 15.9 Å². The summed E-state index contributed by atoms with van der Waals surface area (Å²) in [6.07, 6.45) is 4.18. The Morgan fingerprint density at radius 2 is 2.11 bits per heavy atom. The lowest BCUT2D eigenvalue weighted by atomic mass is 9.89. The van der Waals surface area contributed by atoms with Crippen LogP contribution in [0.1, 0.15) is 31.2 Å². The van der Waals surface area contributed by atoms with Crippen LogP contribution in [0.3, 0.4) is 0 Å². The van der Waals surface area contributed by atoms with Gasteiger partial charge in [-0.05, 0) is 46.5 Å². The van der Waals surface area contributed by atoms with Gasteiger partial charge < -0.3 is 10.5 Å². The van der Waals surface area contributed by atoms with Gasteiger partial charge in [-0.1, -0.05) is 18.9 Å². The van der Waals surface area contributed by atoms with Crippen molar-refractivity contribution in [3.05, 3.63) is 28.2 Å². The first-order chi connectivity index (χ1) is 8.55. The topological polar surface area (TPSA) is 52.3 Å². The molecule has 2 N–H and O–H groups in total. The van der Waals surface area contributed by atoms with Crippen LogP contribution in [0, 0.1) is 0 Å². The molecule has 0 spiro atoms. The van der Waals surface area contributed by atoms with Gasteiger partial charge in [0.25, 0.3) is 0 Å². The standard InChI is InChI=1S/C14H18BrNO2/c1-18-12-5-4-10(8-11(12)15)9-13(17)14(16)6-2-3-7-14/h4-5,8H,2-3,6-7,9,16H2,1H3. The van der Waals surface area contributed by atoms with E-state index in [0.29, 0.717) is 6.42 Å². The number of Topliss-reactive ketones (excluding diaryl/α,β-unsaturated/α-hetero) is 1. The molecular formula is C14H18BrNO2. The Labute approximate surface area is 116 Å². The summed E-state index contributed by atoms with van der Waals surface area (Å²) in [5, 5.41) is 0. The lowest BCUT2D eigenvalue weighted by molar-refractivity contribution is -0.123. The Morgan fingerprint density at radius 3 is 2.67 bits per heavy atom. The second-order valence-electron chi connectivity index (χ2n) is 4.93. The molecule has 98 valence electrons. The van der Waals surface area contributed by atoms with Gasteiger partial charge in [-0.3, -0.25) is 4.79 Å². The quantitative estimate of drug-likeness (QED) is 0.930. The fourth-order valence-electron chi connectivity index (χ4n) is 2.47. The molecule has 4 heteroatoms. The van der Waals surface area contributed by atoms with Crippen LogP contribution < -0.4 is 10.5 Å². The molecule has 0 unspecified atom stereocenters. The molecule has 1 aromatic carbocycles. The molecule has 1 aliphatic carbocycles. The SMILES string of the molecule is COc1ccc(CC(=O)C2(N)CCCC2)cc1Br. The lowest BCUT2D eigenvalue weighted by Gasteiger charge is -2.21. The monoisotopic (exact) mass is 311 g/mol. The zero-order valence-corrected chi connectivity index (χ0v) is 12.1. The molecule has 2 rings (SSSR count). The van der Waals surface area contributed by atoms with Gasteiger partial charge in [0.05, 0.1) is 17.1 Å². The molecule has 3 nitrogen and oxygen atoms in total. The first-order valence-corrected chi connectivity index (χ1v) is 6.99. The summed E-state index contributed by atoms with van der Waals surface area (Å²) < 4.78 is 6.04. The third kappa shape index (κ3) is 2.75. The van der Waals surface area contributed by atoms with Crippen LogP contribution in [0.15, 0.2) is 22.7 Å². The number of carbonyl (C=O) groups is 1. The van der Waals surface area contributed by atoms with Gasteiger partial charge in [-0.2, -0.15) is 0 Å². The summed E-state index contributed by atoms with van der Waals surface area (Å²) in [6, 6.07) is 5.71. The largest absolute Gasteiger partial charge is 0.496 e. The van der Waals surface area contributed by atoms with E-state index in [2.05, 4.69) is 15.9 Å². The van der Waals surface area contributed by atoms with E-state index < -0.39 is 5.54 Å². The number of methoxy groups -OCH3 is 1. The molecule has 0 atom stereocenters. The van der Waals surface area contributed by atoms with E-state index in [9.17, 15) is 4.79 Å². The highest BCUT2D eigenvalue weighted by atomic mass is 79.9. The maximum atomic E-state index is 12.2. The second-order valence-corrected chi connectivity index (χ2v) is 5.79. The van der Waals surface area contributed by atoms with E-state index >= 15 is 0 Å². The maximum Gasteiger partial charge on any atom is 0.156 e. The summed E-state index contributed by atoms with van der Waals surface area (Å²) in [5.41, 5.74) is 6.54. The molecule has 0 bridgehead atoms. The number of hydrogen-bond donors (Lipinski definition) is 1. The lowest BCUT2D eigenvalue weighted by Crippen LogP contribution is -2.46. The van der Waals surface area contributed by atoms with Crippen molar-refractivity contribution in [2.45, 2.75) is 37.6 Å². The van der Waals surface area contributed by atoms with Crippen LogP contribution in [0.4, 0.5) is 0 Å². The van der Waals surface area contributed by atoms with Gasteiger partial charge in [0.2, 0.25) is 0 Å². The van der Waals surface area contributed by atoms with E-state index in [-0.39, 0.29) is 5.78 Å². The average Bonchev–Trinajstić information content (AvgIpc) is 2.78. The third-order valence-corrected chi connectivity index (χ3v) is 4.25. The highest BCUT2D eigenvalue weighted by Gasteiger charge is 2.36. The van der Waals surface area contributed by atoms with Crippen LogP contribution in [-0.2, 0) is 11.2 Å². The number of benzene rings is 1. The summed E-state index contributed by atoms with van der Waals surface area (Å²) in [7, 11) is 1.62. The van der Waals surface area contributed by atoms with Crippen molar-refractivity contribution in [2.24, 2.45) is 5.73 Å². The van der Waals surface area contributed by atoms with Gasteiger partial charge in [-0.25, -0.2) is 0 Å². The normalized spacial score (nSPS) is 17.7. The number of halogens is 1. The van der Waals surface area contributed by atoms with Crippen LogP contribution in [-0.4, -0.2) is 18.4 Å². The molecule has 0 aliphatic heterocycles. The van der Waals surface area contributed by atoms with Gasteiger partial charge in [0.15, 0.2) is 5.78 Å². The van der Waals surface area contributed by atoms with Crippen molar-refractivity contribution in [2.75, 3.05) is 7.11 Å². The van der Waals surface area contributed by atoms with Gasteiger partial charge in [-0.15, -0.1) is 0 Å². The minimum Gasteiger partial charge on any atom is -0.496 e. The fraction of sp³-hybridized carbons (Fsp3) is 0.500. The Bertz CT molecular complexity index is 453. The molecular weight excluding hydrogens is 294 g/mol. The van der Waals surface area contributed by atoms with Gasteiger partial charge in [0, 0.05) is 6.42 Å². The zero-order valence-electron chi connectivity index (χ0n) is 10.5. The number of rotatable bonds is 4. The van der Waals surface area contributed by atoms with Crippen LogP contribution in [0.2, 0.25) is 0 Å². The Morgan fingerprint density at radius 1 is 1.44 bits per heavy atom. The first kappa shape index (κ1) is 13.6. The van der Waals surface area contributed by atoms with E-state index in [1.165, 1.54) is 0 Å². The fourth-order valence-corrected chi connectivity index (χ4v) is 3.05. The summed E-state index contributed by atoms with van der Waals surface area (Å²) in [5.74, 6) is 0.923. The Kier molecular flexibility index (Phi) is 4.07. The Hall–Kier alpha value is -0.870.